The van der Waals surface area contributed by atoms with Gasteiger partial charge >= 0.3 is 0 Å². The van der Waals surface area contributed by atoms with Gasteiger partial charge in [-0.1, -0.05) is 16.8 Å². The molecule has 0 atom stereocenters. The summed E-state index contributed by atoms with van der Waals surface area (Å²) in [5.74, 6) is 1.68. The van der Waals surface area contributed by atoms with Crippen molar-refractivity contribution in [2.24, 2.45) is 10.7 Å². The minimum Gasteiger partial charge on any atom is -0.370 e. The molecular weight excluding hydrogens is 429 g/mol. The van der Waals surface area contributed by atoms with Gasteiger partial charge in [0, 0.05) is 30.1 Å². The maximum absolute atomic E-state index is 5.93. The first kappa shape index (κ1) is 18.0. The Bertz CT molecular complexity index is 669. The number of rotatable bonds is 5. The first-order valence-corrected chi connectivity index (χ1v) is 7.62. The van der Waals surface area contributed by atoms with Crippen LogP contribution in [0, 0.1) is 0 Å². The van der Waals surface area contributed by atoms with Crippen LogP contribution in [0.2, 0.25) is 5.02 Å². The number of hydrogen-bond acceptors (Lipinski definition) is 4. The monoisotopic (exact) mass is 447 g/mol. The van der Waals surface area contributed by atoms with Gasteiger partial charge < -0.3 is 15.2 Å². The zero-order valence-electron chi connectivity index (χ0n) is 12.8. The normalized spacial score (nSPS) is 14.4. The number of aromatic nitrogens is 2. The molecule has 1 aromatic carbocycles. The molecule has 6 nitrogen and oxygen atoms in total. The Kier molecular flexibility index (Phi) is 6.23. The van der Waals surface area contributed by atoms with Gasteiger partial charge in [0.1, 0.15) is 0 Å². The molecule has 8 heteroatoms. The van der Waals surface area contributed by atoms with Gasteiger partial charge in [-0.05, 0) is 37.1 Å². The maximum Gasteiger partial charge on any atom is 0.228 e. The third-order valence-electron chi connectivity index (χ3n) is 3.63. The lowest BCUT2D eigenvalue weighted by atomic mass is 10.2. The minimum atomic E-state index is 0. The molecule has 1 aliphatic rings. The third kappa shape index (κ3) is 4.81. The second kappa shape index (κ2) is 7.96. The maximum atomic E-state index is 5.93. The lowest BCUT2D eigenvalue weighted by molar-refractivity contribution is 0.380. The number of hydrogen-bond donors (Lipinski definition) is 1. The van der Waals surface area contributed by atoms with E-state index in [1.54, 1.807) is 12.1 Å². The topological polar surface area (TPSA) is 80.5 Å². The van der Waals surface area contributed by atoms with Crippen LogP contribution in [-0.4, -0.2) is 40.6 Å². The number of nitrogens with zero attached hydrogens (tertiary/aromatic N) is 4. The Morgan fingerprint density at radius 3 is 2.74 bits per heavy atom. The van der Waals surface area contributed by atoms with E-state index in [0.29, 0.717) is 41.7 Å². The van der Waals surface area contributed by atoms with E-state index in [1.165, 1.54) is 12.8 Å². The summed E-state index contributed by atoms with van der Waals surface area (Å²) in [5.41, 5.74) is 6.80. The SMILES string of the molecule is CN(C(N)=NCCc1nc(-c2ccc(Cl)cc2)no1)C1CC1.I. The molecule has 3 rings (SSSR count). The molecule has 124 valence electrons. The van der Waals surface area contributed by atoms with Crippen molar-refractivity contribution in [2.45, 2.75) is 25.3 Å². The number of benzene rings is 1. The molecule has 0 saturated heterocycles. The molecule has 1 aliphatic carbocycles. The molecule has 23 heavy (non-hydrogen) atoms. The molecule has 0 spiro atoms. The van der Waals surface area contributed by atoms with E-state index in [2.05, 4.69) is 15.1 Å². The third-order valence-corrected chi connectivity index (χ3v) is 3.88. The van der Waals surface area contributed by atoms with E-state index in [9.17, 15) is 0 Å². The lowest BCUT2D eigenvalue weighted by Gasteiger charge is -2.16. The molecule has 0 radical (unpaired) electrons. The highest BCUT2D eigenvalue weighted by atomic mass is 127. The summed E-state index contributed by atoms with van der Waals surface area (Å²) in [6, 6.07) is 7.87. The van der Waals surface area contributed by atoms with E-state index in [-0.39, 0.29) is 24.0 Å². The van der Waals surface area contributed by atoms with Crippen molar-refractivity contribution in [2.75, 3.05) is 13.6 Å². The molecule has 0 aliphatic heterocycles. The van der Waals surface area contributed by atoms with Crippen molar-refractivity contribution in [3.63, 3.8) is 0 Å². The first-order valence-electron chi connectivity index (χ1n) is 7.25. The fourth-order valence-corrected chi connectivity index (χ4v) is 2.23. The van der Waals surface area contributed by atoms with E-state index in [1.807, 2.05) is 24.1 Å². The lowest BCUT2D eigenvalue weighted by Crippen LogP contribution is -2.35. The first-order chi connectivity index (χ1) is 10.6. The van der Waals surface area contributed by atoms with Crippen LogP contribution >= 0.6 is 35.6 Å². The van der Waals surface area contributed by atoms with Crippen LogP contribution < -0.4 is 5.73 Å². The van der Waals surface area contributed by atoms with Crippen molar-refractivity contribution < 1.29 is 4.52 Å². The summed E-state index contributed by atoms with van der Waals surface area (Å²) in [4.78, 5) is 10.7. The van der Waals surface area contributed by atoms with Crippen LogP contribution in [0.1, 0.15) is 18.7 Å². The zero-order valence-corrected chi connectivity index (χ0v) is 15.9. The summed E-state index contributed by atoms with van der Waals surface area (Å²) < 4.78 is 5.23. The quantitative estimate of drug-likeness (QED) is 0.433. The smallest absolute Gasteiger partial charge is 0.228 e. The summed E-state index contributed by atoms with van der Waals surface area (Å²) in [7, 11) is 1.97. The van der Waals surface area contributed by atoms with E-state index in [0.717, 1.165) is 5.56 Å². The van der Waals surface area contributed by atoms with Gasteiger partial charge in [-0.3, -0.25) is 4.99 Å². The highest BCUT2D eigenvalue weighted by Gasteiger charge is 2.27. The van der Waals surface area contributed by atoms with Gasteiger partial charge in [-0.15, -0.1) is 24.0 Å². The molecule has 1 aromatic heterocycles. The predicted molar refractivity (Wildman–Crippen MR) is 101 cm³/mol. The fourth-order valence-electron chi connectivity index (χ4n) is 2.10. The predicted octanol–water partition coefficient (Wildman–Crippen LogP) is 2.96. The molecule has 0 bridgehead atoms. The number of nitrogens with two attached hydrogens (primary N) is 1. The zero-order chi connectivity index (χ0) is 15.5. The average molecular weight is 448 g/mol. The van der Waals surface area contributed by atoms with Gasteiger partial charge in [0.15, 0.2) is 5.96 Å². The average Bonchev–Trinajstić information content (AvgIpc) is 3.26. The molecular formula is C15H19ClIN5O. The Hall–Kier alpha value is -1.35. The van der Waals surface area contributed by atoms with E-state index >= 15 is 0 Å². The summed E-state index contributed by atoms with van der Waals surface area (Å²) in [5, 5.41) is 4.65. The summed E-state index contributed by atoms with van der Waals surface area (Å²) >= 11 is 5.86. The molecule has 0 amide bonds. The summed E-state index contributed by atoms with van der Waals surface area (Å²) in [6.07, 6.45) is 2.96. The van der Waals surface area contributed by atoms with Crippen LogP contribution in [-0.2, 0) is 6.42 Å². The standard InChI is InChI=1S/C15H18ClN5O.HI/c1-21(12-6-7-12)15(17)18-9-8-13-19-14(20-22-13)10-2-4-11(16)5-3-10;/h2-5,12H,6-9H2,1H3,(H2,17,18);1H. The van der Waals surface area contributed by atoms with Crippen LogP contribution in [0.25, 0.3) is 11.4 Å². The number of guanidine groups is 1. The van der Waals surface area contributed by atoms with E-state index < -0.39 is 0 Å². The van der Waals surface area contributed by atoms with Crippen molar-refractivity contribution in [3.8, 4) is 11.4 Å². The highest BCUT2D eigenvalue weighted by molar-refractivity contribution is 14.0. The van der Waals surface area contributed by atoms with Gasteiger partial charge in [0.2, 0.25) is 11.7 Å². The van der Waals surface area contributed by atoms with E-state index in [4.69, 9.17) is 21.9 Å². The second-order valence-corrected chi connectivity index (χ2v) is 5.79. The second-order valence-electron chi connectivity index (χ2n) is 5.35. The summed E-state index contributed by atoms with van der Waals surface area (Å²) in [6.45, 7) is 0.533. The fraction of sp³-hybridized carbons (Fsp3) is 0.400. The molecule has 2 N–H and O–H groups in total. The van der Waals surface area contributed by atoms with Crippen LogP contribution in [0.5, 0.6) is 0 Å². The molecule has 0 unspecified atom stereocenters. The molecule has 1 heterocycles. The van der Waals surface area contributed by atoms with Gasteiger partial charge in [-0.2, -0.15) is 4.98 Å². The molecule has 1 saturated carbocycles. The minimum absolute atomic E-state index is 0. The van der Waals surface area contributed by atoms with Gasteiger partial charge in [0.05, 0.1) is 6.54 Å². The van der Waals surface area contributed by atoms with Crippen LogP contribution in [0.15, 0.2) is 33.8 Å². The van der Waals surface area contributed by atoms with Crippen molar-refractivity contribution in [3.05, 3.63) is 35.2 Å². The van der Waals surface area contributed by atoms with Crippen molar-refractivity contribution in [1.29, 1.82) is 0 Å². The number of halogens is 2. The van der Waals surface area contributed by atoms with Crippen molar-refractivity contribution >= 4 is 41.5 Å². The van der Waals surface area contributed by atoms with Crippen LogP contribution in [0.3, 0.4) is 0 Å². The van der Waals surface area contributed by atoms with Crippen LogP contribution in [0.4, 0.5) is 0 Å². The number of aliphatic imine (C=N–C) groups is 1. The Labute approximate surface area is 157 Å². The Morgan fingerprint density at radius 1 is 1.39 bits per heavy atom. The van der Waals surface area contributed by atoms with Crippen molar-refractivity contribution in [1.82, 2.24) is 15.0 Å². The van der Waals surface area contributed by atoms with Gasteiger partial charge in [0.25, 0.3) is 0 Å². The Balaban J connectivity index is 0.00000192. The largest absolute Gasteiger partial charge is 0.370 e. The Morgan fingerprint density at radius 2 is 2.09 bits per heavy atom. The van der Waals surface area contributed by atoms with Gasteiger partial charge in [-0.25, -0.2) is 0 Å². The molecule has 1 fully saturated rings. The molecule has 2 aromatic rings. The highest BCUT2D eigenvalue weighted by Crippen LogP contribution is 2.24.